The fourth-order valence-corrected chi connectivity index (χ4v) is 4.18. The average molecular weight is 439 g/mol. The van der Waals surface area contributed by atoms with E-state index in [1.807, 2.05) is 17.8 Å². The van der Waals surface area contributed by atoms with E-state index < -0.39 is 12.0 Å². The summed E-state index contributed by atoms with van der Waals surface area (Å²) >= 11 is 0. The Hall–Kier alpha value is -2.02. The third kappa shape index (κ3) is 4.44. The standard InChI is InChI=1S/C21H26N4O2.2ClH/c1-13(2)9-16-15-5-4-6-18-20(15)14(10-17(23-16)21(26)27)11-25(18)12-19-22-7-8-24(19)3;;/h4-8,11,13,16-17,23H,9-10,12H2,1-3H3,(H,26,27);2*1H/t16-,17-;;/m0../s1. The normalized spacial score (nSPS) is 18.2. The molecule has 2 N–H and O–H groups in total. The second-order valence-corrected chi connectivity index (χ2v) is 7.92. The van der Waals surface area contributed by atoms with Crippen molar-refractivity contribution < 1.29 is 9.90 Å². The van der Waals surface area contributed by atoms with E-state index in [-0.39, 0.29) is 30.9 Å². The van der Waals surface area contributed by atoms with Gasteiger partial charge in [0.05, 0.1) is 6.54 Å². The molecule has 0 bridgehead atoms. The fraction of sp³-hybridized carbons (Fsp3) is 0.429. The van der Waals surface area contributed by atoms with Crippen LogP contribution in [0.2, 0.25) is 0 Å². The first-order valence-corrected chi connectivity index (χ1v) is 9.49. The van der Waals surface area contributed by atoms with Crippen molar-refractivity contribution in [3.63, 3.8) is 0 Å². The zero-order valence-electron chi connectivity index (χ0n) is 16.8. The predicted molar refractivity (Wildman–Crippen MR) is 119 cm³/mol. The van der Waals surface area contributed by atoms with Gasteiger partial charge in [-0.05, 0) is 29.5 Å². The van der Waals surface area contributed by atoms with E-state index in [2.05, 4.69) is 53.1 Å². The molecule has 0 radical (unpaired) electrons. The molecular weight excluding hydrogens is 411 g/mol. The molecule has 0 unspecified atom stereocenters. The van der Waals surface area contributed by atoms with Gasteiger partial charge in [-0.2, -0.15) is 0 Å². The maximum Gasteiger partial charge on any atom is 0.321 e. The van der Waals surface area contributed by atoms with Crippen LogP contribution in [-0.4, -0.2) is 31.2 Å². The molecule has 8 heteroatoms. The van der Waals surface area contributed by atoms with Crippen LogP contribution in [0.3, 0.4) is 0 Å². The van der Waals surface area contributed by atoms with E-state index in [0.29, 0.717) is 18.9 Å². The molecule has 0 fully saturated rings. The number of aryl methyl sites for hydroxylation is 1. The lowest BCUT2D eigenvalue weighted by atomic mass is 9.94. The number of carboxylic acid groups (broad SMARTS) is 1. The van der Waals surface area contributed by atoms with Crippen molar-refractivity contribution in [2.24, 2.45) is 13.0 Å². The van der Waals surface area contributed by atoms with Gasteiger partial charge in [0, 0.05) is 49.0 Å². The predicted octanol–water partition coefficient (Wildman–Crippen LogP) is 3.95. The summed E-state index contributed by atoms with van der Waals surface area (Å²) in [7, 11) is 1.99. The molecule has 0 amide bonds. The number of rotatable bonds is 5. The highest BCUT2D eigenvalue weighted by molar-refractivity contribution is 5.89. The molecule has 1 aliphatic heterocycles. The van der Waals surface area contributed by atoms with E-state index in [1.54, 1.807) is 6.20 Å². The van der Waals surface area contributed by atoms with Crippen molar-refractivity contribution in [1.82, 2.24) is 19.4 Å². The van der Waals surface area contributed by atoms with Crippen LogP contribution in [0.15, 0.2) is 36.8 Å². The van der Waals surface area contributed by atoms with Gasteiger partial charge in [-0.1, -0.05) is 26.0 Å². The highest BCUT2D eigenvalue weighted by Crippen LogP contribution is 2.35. The van der Waals surface area contributed by atoms with Crippen LogP contribution < -0.4 is 5.32 Å². The SMILES string of the molecule is CC(C)C[C@@H]1N[C@H](C(=O)O)Cc2cn(Cc3nccn3C)c3cccc1c23.Cl.Cl. The van der Waals surface area contributed by atoms with E-state index >= 15 is 0 Å². The zero-order chi connectivity index (χ0) is 19.1. The molecular formula is C21H28Cl2N4O2. The number of halogens is 2. The molecule has 6 nitrogen and oxygen atoms in total. The highest BCUT2D eigenvalue weighted by Gasteiger charge is 2.30. The molecule has 1 aliphatic rings. The minimum atomic E-state index is -0.790. The van der Waals surface area contributed by atoms with Crippen LogP contribution in [0.1, 0.15) is 43.3 Å². The molecule has 3 heterocycles. The summed E-state index contributed by atoms with van der Waals surface area (Å²) in [6, 6.07) is 5.81. The Kier molecular flexibility index (Phi) is 7.38. The topological polar surface area (TPSA) is 72.1 Å². The summed E-state index contributed by atoms with van der Waals surface area (Å²) in [6.45, 7) is 5.02. The Morgan fingerprint density at radius 2 is 2.10 bits per heavy atom. The largest absolute Gasteiger partial charge is 0.480 e. The first-order valence-electron chi connectivity index (χ1n) is 9.49. The van der Waals surface area contributed by atoms with Gasteiger partial charge in [-0.25, -0.2) is 4.98 Å². The number of nitrogens with one attached hydrogen (secondary N) is 1. The molecule has 0 saturated heterocycles. The van der Waals surface area contributed by atoms with Crippen molar-refractivity contribution in [2.45, 2.75) is 45.3 Å². The van der Waals surface area contributed by atoms with Gasteiger partial charge in [-0.15, -0.1) is 24.8 Å². The molecule has 0 aliphatic carbocycles. The highest BCUT2D eigenvalue weighted by atomic mass is 35.5. The van der Waals surface area contributed by atoms with Crippen LogP contribution in [-0.2, 0) is 24.8 Å². The molecule has 4 rings (SSSR count). The average Bonchev–Trinajstić information content (AvgIpc) is 3.12. The third-order valence-electron chi connectivity index (χ3n) is 5.46. The minimum Gasteiger partial charge on any atom is -0.480 e. The summed E-state index contributed by atoms with van der Waals surface area (Å²) in [4.78, 5) is 16.3. The van der Waals surface area contributed by atoms with Crippen LogP contribution >= 0.6 is 24.8 Å². The van der Waals surface area contributed by atoms with Gasteiger partial charge < -0.3 is 14.2 Å². The van der Waals surface area contributed by atoms with Gasteiger partial charge in [0.15, 0.2) is 0 Å². The van der Waals surface area contributed by atoms with E-state index in [0.717, 1.165) is 23.3 Å². The molecule has 2 aromatic heterocycles. The molecule has 158 valence electrons. The Balaban J connectivity index is 0.00000150. The van der Waals surface area contributed by atoms with Crippen molar-refractivity contribution in [3.05, 3.63) is 53.7 Å². The van der Waals surface area contributed by atoms with Crippen LogP contribution in [0.4, 0.5) is 0 Å². The number of carbonyl (C=O) groups is 1. The number of carboxylic acids is 1. The number of aromatic nitrogens is 3. The fourth-order valence-electron chi connectivity index (χ4n) is 4.18. The van der Waals surface area contributed by atoms with Gasteiger partial charge in [-0.3, -0.25) is 10.1 Å². The van der Waals surface area contributed by atoms with Crippen LogP contribution in [0, 0.1) is 5.92 Å². The van der Waals surface area contributed by atoms with Crippen molar-refractivity contribution >= 4 is 41.7 Å². The van der Waals surface area contributed by atoms with Gasteiger partial charge in [0.1, 0.15) is 11.9 Å². The Bertz CT molecular complexity index is 996. The molecule has 0 saturated carbocycles. The van der Waals surface area contributed by atoms with Crippen molar-refractivity contribution in [1.29, 1.82) is 0 Å². The second kappa shape index (κ2) is 9.20. The Morgan fingerprint density at radius 3 is 2.72 bits per heavy atom. The first-order chi connectivity index (χ1) is 12.9. The number of imidazole rings is 1. The number of nitrogens with zero attached hydrogens (tertiary/aromatic N) is 3. The van der Waals surface area contributed by atoms with E-state index in [9.17, 15) is 9.90 Å². The lowest BCUT2D eigenvalue weighted by Gasteiger charge is -2.23. The lowest BCUT2D eigenvalue weighted by Crippen LogP contribution is -2.40. The number of hydrogen-bond acceptors (Lipinski definition) is 3. The second-order valence-electron chi connectivity index (χ2n) is 7.92. The Labute approximate surface area is 183 Å². The van der Waals surface area contributed by atoms with Crippen molar-refractivity contribution in [3.8, 4) is 0 Å². The van der Waals surface area contributed by atoms with E-state index in [1.165, 1.54) is 10.9 Å². The van der Waals surface area contributed by atoms with E-state index in [4.69, 9.17) is 0 Å². The number of aliphatic carboxylic acids is 1. The maximum atomic E-state index is 11.8. The maximum absolute atomic E-state index is 11.8. The smallest absolute Gasteiger partial charge is 0.321 e. The summed E-state index contributed by atoms with van der Waals surface area (Å²) in [5.74, 6) is 0.664. The summed E-state index contributed by atoms with van der Waals surface area (Å²) in [5, 5.41) is 14.3. The number of benzene rings is 1. The monoisotopic (exact) mass is 438 g/mol. The van der Waals surface area contributed by atoms with Gasteiger partial charge in [0.25, 0.3) is 0 Å². The Morgan fingerprint density at radius 1 is 1.34 bits per heavy atom. The quantitative estimate of drug-likeness (QED) is 0.632. The third-order valence-corrected chi connectivity index (χ3v) is 5.46. The minimum absolute atomic E-state index is 0. The summed E-state index contributed by atoms with van der Waals surface area (Å²) in [6.07, 6.45) is 7.26. The summed E-state index contributed by atoms with van der Waals surface area (Å²) in [5.41, 5.74) is 3.45. The van der Waals surface area contributed by atoms with Gasteiger partial charge in [0.2, 0.25) is 0 Å². The lowest BCUT2D eigenvalue weighted by molar-refractivity contribution is -0.139. The molecule has 1 aromatic carbocycles. The van der Waals surface area contributed by atoms with Crippen molar-refractivity contribution in [2.75, 3.05) is 0 Å². The summed E-state index contributed by atoms with van der Waals surface area (Å²) < 4.78 is 4.22. The van der Waals surface area contributed by atoms with Crippen LogP contribution in [0.5, 0.6) is 0 Å². The molecule has 0 spiro atoms. The first kappa shape index (κ1) is 23.3. The molecule has 29 heavy (non-hydrogen) atoms. The molecule has 3 aromatic rings. The zero-order valence-corrected chi connectivity index (χ0v) is 18.5. The number of hydrogen-bond donors (Lipinski definition) is 2. The molecule has 2 atom stereocenters. The van der Waals surface area contributed by atoms with Gasteiger partial charge >= 0.3 is 5.97 Å². The van der Waals surface area contributed by atoms with Crippen LogP contribution in [0.25, 0.3) is 10.9 Å².